The maximum absolute atomic E-state index is 12.0. The molecule has 1 aromatic rings. The van der Waals surface area contributed by atoms with E-state index in [0.717, 1.165) is 5.56 Å². The van der Waals surface area contributed by atoms with Crippen LogP contribution in [-0.4, -0.2) is 26.0 Å². The maximum atomic E-state index is 12.0. The normalized spacial score (nSPS) is 12.6. The number of hydrogen-bond acceptors (Lipinski definition) is 4. The van der Waals surface area contributed by atoms with E-state index in [-0.39, 0.29) is 17.9 Å². The van der Waals surface area contributed by atoms with E-state index in [1.165, 1.54) is 12.1 Å². The van der Waals surface area contributed by atoms with Gasteiger partial charge in [-0.15, -0.1) is 0 Å². The van der Waals surface area contributed by atoms with Crippen LogP contribution >= 0.6 is 0 Å². The predicted molar refractivity (Wildman–Crippen MR) is 72.4 cm³/mol. The summed E-state index contributed by atoms with van der Waals surface area (Å²) in [5.74, 6) is -1.78. The van der Waals surface area contributed by atoms with Crippen LogP contribution in [0.1, 0.15) is 18.9 Å². The van der Waals surface area contributed by atoms with Gasteiger partial charge in [0.25, 0.3) is 0 Å². The lowest BCUT2D eigenvalue weighted by Crippen LogP contribution is -2.32. The first-order valence-corrected chi connectivity index (χ1v) is 7.57. The van der Waals surface area contributed by atoms with E-state index in [4.69, 9.17) is 10.4 Å². The molecule has 0 spiro atoms. The lowest BCUT2D eigenvalue weighted by atomic mass is 10.1. The number of nitriles is 1. The second-order valence-corrected chi connectivity index (χ2v) is 6.04. The molecule has 7 heteroatoms. The molecule has 0 aliphatic rings. The minimum absolute atomic E-state index is 0.0550. The molecule has 0 aliphatic heterocycles. The average molecular weight is 296 g/mol. The molecule has 1 unspecified atom stereocenters. The highest BCUT2D eigenvalue weighted by molar-refractivity contribution is 7.89. The molecule has 6 nitrogen and oxygen atoms in total. The Hall–Kier alpha value is -1.91. The minimum Gasteiger partial charge on any atom is -0.481 e. The molecule has 0 bridgehead atoms. The second kappa shape index (κ2) is 7.03. The van der Waals surface area contributed by atoms with Crippen molar-refractivity contribution in [3.8, 4) is 6.07 Å². The number of nitrogens with zero attached hydrogens (tertiary/aromatic N) is 1. The Labute approximate surface area is 118 Å². The topological polar surface area (TPSA) is 107 Å². The monoisotopic (exact) mass is 296 g/mol. The quantitative estimate of drug-likeness (QED) is 0.784. The second-order valence-electron chi connectivity index (χ2n) is 4.27. The van der Waals surface area contributed by atoms with Crippen LogP contribution in [0.4, 0.5) is 0 Å². The number of nitrogens with one attached hydrogen (secondary N) is 1. The Bertz CT molecular complexity index is 602. The van der Waals surface area contributed by atoms with Gasteiger partial charge in [0.1, 0.15) is 0 Å². The molecule has 0 radical (unpaired) electrons. The van der Waals surface area contributed by atoms with Gasteiger partial charge in [0.2, 0.25) is 10.0 Å². The highest BCUT2D eigenvalue weighted by atomic mass is 32.2. The average Bonchev–Trinajstić information content (AvgIpc) is 2.40. The van der Waals surface area contributed by atoms with Crippen LogP contribution in [-0.2, 0) is 21.2 Å². The van der Waals surface area contributed by atoms with Gasteiger partial charge in [0.05, 0.1) is 23.3 Å². The molecule has 1 aromatic carbocycles. The number of aliphatic carboxylic acids is 1. The third kappa shape index (κ3) is 4.33. The highest BCUT2D eigenvalue weighted by Gasteiger charge is 2.20. The smallest absolute Gasteiger partial charge is 0.307 e. The van der Waals surface area contributed by atoms with Gasteiger partial charge >= 0.3 is 5.97 Å². The zero-order valence-electron chi connectivity index (χ0n) is 11.0. The van der Waals surface area contributed by atoms with E-state index >= 15 is 0 Å². The van der Waals surface area contributed by atoms with Crippen LogP contribution in [0, 0.1) is 17.2 Å². The molecule has 2 N–H and O–H groups in total. The van der Waals surface area contributed by atoms with Crippen molar-refractivity contribution in [3.05, 3.63) is 29.8 Å². The maximum Gasteiger partial charge on any atom is 0.307 e. The number of carbonyl (C=O) groups is 1. The Morgan fingerprint density at radius 2 is 2.00 bits per heavy atom. The molecule has 0 saturated carbocycles. The van der Waals surface area contributed by atoms with E-state index in [1.807, 2.05) is 6.07 Å². The minimum atomic E-state index is -3.73. The fourth-order valence-electron chi connectivity index (χ4n) is 1.58. The summed E-state index contributed by atoms with van der Waals surface area (Å²) in [7, 11) is -3.73. The molecule has 1 atom stereocenters. The molecule has 0 amide bonds. The van der Waals surface area contributed by atoms with E-state index in [9.17, 15) is 13.2 Å². The Balaban J connectivity index is 2.78. The van der Waals surface area contributed by atoms with Crippen LogP contribution in [0.5, 0.6) is 0 Å². The Kier molecular flexibility index (Phi) is 5.67. The lowest BCUT2D eigenvalue weighted by molar-refractivity contribution is -0.141. The number of benzene rings is 1. The standard InChI is InChI=1S/C13H16N2O4S/c1-2-11(13(16)17)9-15-20(18,19)12-5-3-10(4-6-12)7-8-14/h3-6,11,15H,2,7,9H2,1H3,(H,16,17). The summed E-state index contributed by atoms with van der Waals surface area (Å²) < 4.78 is 26.2. The first-order chi connectivity index (χ1) is 9.40. The van der Waals surface area contributed by atoms with Gasteiger partial charge in [0, 0.05) is 6.54 Å². The molecule has 0 saturated heterocycles. The van der Waals surface area contributed by atoms with Crippen molar-refractivity contribution < 1.29 is 18.3 Å². The van der Waals surface area contributed by atoms with Gasteiger partial charge in [-0.05, 0) is 24.1 Å². The van der Waals surface area contributed by atoms with Crippen molar-refractivity contribution in [1.82, 2.24) is 4.72 Å². The van der Waals surface area contributed by atoms with E-state index < -0.39 is 21.9 Å². The first kappa shape index (κ1) is 16.1. The van der Waals surface area contributed by atoms with Crippen molar-refractivity contribution in [2.45, 2.75) is 24.7 Å². The van der Waals surface area contributed by atoms with E-state index in [2.05, 4.69) is 4.72 Å². The number of carboxylic acid groups (broad SMARTS) is 1. The van der Waals surface area contributed by atoms with Crippen LogP contribution in [0.3, 0.4) is 0 Å². The fourth-order valence-corrected chi connectivity index (χ4v) is 2.66. The van der Waals surface area contributed by atoms with Gasteiger partial charge in [0.15, 0.2) is 0 Å². The van der Waals surface area contributed by atoms with Crippen molar-refractivity contribution >= 4 is 16.0 Å². The van der Waals surface area contributed by atoms with Gasteiger partial charge < -0.3 is 5.11 Å². The Morgan fingerprint density at radius 1 is 1.40 bits per heavy atom. The zero-order valence-corrected chi connectivity index (χ0v) is 11.9. The van der Waals surface area contributed by atoms with Crippen molar-refractivity contribution in [2.24, 2.45) is 5.92 Å². The molecule has 0 aromatic heterocycles. The largest absolute Gasteiger partial charge is 0.481 e. The summed E-state index contributed by atoms with van der Waals surface area (Å²) in [5.41, 5.74) is 0.725. The number of rotatable bonds is 7. The summed E-state index contributed by atoms with van der Waals surface area (Å²) in [5, 5.41) is 17.4. The number of sulfonamides is 1. The molecular formula is C13H16N2O4S. The molecule has 0 aliphatic carbocycles. The summed E-state index contributed by atoms with van der Waals surface area (Å²) in [6.45, 7) is 1.54. The summed E-state index contributed by atoms with van der Waals surface area (Å²) in [4.78, 5) is 10.9. The first-order valence-electron chi connectivity index (χ1n) is 6.09. The number of hydrogen-bond donors (Lipinski definition) is 2. The predicted octanol–water partition coefficient (Wildman–Crippen LogP) is 1.14. The summed E-state index contributed by atoms with van der Waals surface area (Å²) in [6, 6.07) is 7.89. The summed E-state index contributed by atoms with van der Waals surface area (Å²) >= 11 is 0. The molecule has 108 valence electrons. The molecule has 0 heterocycles. The zero-order chi connectivity index (χ0) is 15.2. The third-order valence-corrected chi connectivity index (χ3v) is 4.32. The van der Waals surface area contributed by atoms with E-state index in [1.54, 1.807) is 19.1 Å². The van der Waals surface area contributed by atoms with Crippen molar-refractivity contribution in [1.29, 1.82) is 5.26 Å². The molecule has 20 heavy (non-hydrogen) atoms. The van der Waals surface area contributed by atoms with Crippen molar-refractivity contribution in [2.75, 3.05) is 6.54 Å². The highest BCUT2D eigenvalue weighted by Crippen LogP contribution is 2.12. The molecule has 1 rings (SSSR count). The van der Waals surface area contributed by atoms with Crippen LogP contribution in [0.25, 0.3) is 0 Å². The lowest BCUT2D eigenvalue weighted by Gasteiger charge is -2.11. The number of carboxylic acids is 1. The van der Waals surface area contributed by atoms with Gasteiger partial charge in [-0.2, -0.15) is 5.26 Å². The molecule has 0 fully saturated rings. The van der Waals surface area contributed by atoms with Crippen molar-refractivity contribution in [3.63, 3.8) is 0 Å². The van der Waals surface area contributed by atoms with E-state index in [0.29, 0.717) is 6.42 Å². The van der Waals surface area contributed by atoms with Crippen LogP contribution in [0.15, 0.2) is 29.2 Å². The molecular weight excluding hydrogens is 280 g/mol. The summed E-state index contributed by atoms with van der Waals surface area (Å²) in [6.07, 6.45) is 0.559. The Morgan fingerprint density at radius 3 is 2.45 bits per heavy atom. The fraction of sp³-hybridized carbons (Fsp3) is 0.385. The van der Waals surface area contributed by atoms with Crippen LogP contribution < -0.4 is 4.72 Å². The SMILES string of the molecule is CCC(CNS(=O)(=O)c1ccc(CC#N)cc1)C(=O)O. The van der Waals surface area contributed by atoms with Gasteiger partial charge in [-0.3, -0.25) is 4.79 Å². The van der Waals surface area contributed by atoms with Gasteiger partial charge in [-0.25, -0.2) is 13.1 Å². The van der Waals surface area contributed by atoms with Crippen LogP contribution in [0.2, 0.25) is 0 Å². The third-order valence-electron chi connectivity index (χ3n) is 2.88. The van der Waals surface area contributed by atoms with Gasteiger partial charge in [-0.1, -0.05) is 19.1 Å².